The quantitative estimate of drug-likeness (QED) is 0.616. The Hall–Kier alpha value is -3.44. The van der Waals surface area contributed by atoms with Crippen molar-refractivity contribution in [2.45, 2.75) is 26.0 Å². The Balaban J connectivity index is 1.59. The molecule has 30 heavy (non-hydrogen) atoms. The molecule has 0 bridgehead atoms. The Morgan fingerprint density at radius 1 is 0.800 bits per heavy atom. The van der Waals surface area contributed by atoms with Crippen LogP contribution in [0.15, 0.2) is 78.9 Å². The van der Waals surface area contributed by atoms with Gasteiger partial charge in [-0.25, -0.2) is 9.96 Å². The first-order chi connectivity index (χ1) is 14.6. The Morgan fingerprint density at radius 3 is 2.13 bits per heavy atom. The van der Waals surface area contributed by atoms with Crippen LogP contribution < -0.4 is 9.96 Å². The fraction of sp³-hybridized carbons (Fsp3) is 0.200. The monoisotopic (exact) mass is 398 g/mol. The number of rotatable bonds is 3. The maximum atomic E-state index is 13.6. The lowest BCUT2D eigenvalue weighted by Crippen LogP contribution is -2.37. The third-order valence-electron chi connectivity index (χ3n) is 5.86. The van der Waals surface area contributed by atoms with Crippen LogP contribution in [0.2, 0.25) is 0 Å². The molecule has 5 rings (SSSR count). The lowest BCUT2D eigenvalue weighted by atomic mass is 9.90. The van der Waals surface area contributed by atoms with Crippen molar-refractivity contribution in [2.75, 3.05) is 9.96 Å². The SMILES string of the molecule is Cc1ccc(N2C(=O)C3ON(c4ccccc4)C(c4ccccc4)C3C2=O)c(C)c1. The molecule has 2 fully saturated rings. The van der Waals surface area contributed by atoms with Crippen LogP contribution in [-0.2, 0) is 14.4 Å². The first-order valence-electron chi connectivity index (χ1n) is 10.1. The molecule has 2 heterocycles. The molecular weight excluding hydrogens is 376 g/mol. The van der Waals surface area contributed by atoms with Gasteiger partial charge in [-0.15, -0.1) is 0 Å². The van der Waals surface area contributed by atoms with Crippen molar-refractivity contribution in [3.05, 3.63) is 95.6 Å². The van der Waals surface area contributed by atoms with Gasteiger partial charge in [0.05, 0.1) is 17.4 Å². The standard InChI is InChI=1S/C25H22N2O3/c1-16-13-14-20(17(2)15-16)26-24(28)21-22(18-9-5-3-6-10-18)27(30-23(21)25(26)29)19-11-7-4-8-12-19/h3-15,21-23H,1-2H3. The third-order valence-corrected chi connectivity index (χ3v) is 5.86. The van der Waals surface area contributed by atoms with E-state index >= 15 is 0 Å². The number of benzene rings is 3. The first kappa shape index (κ1) is 18.6. The molecule has 3 atom stereocenters. The van der Waals surface area contributed by atoms with Crippen LogP contribution in [0.1, 0.15) is 22.7 Å². The summed E-state index contributed by atoms with van der Waals surface area (Å²) in [7, 11) is 0. The zero-order valence-electron chi connectivity index (χ0n) is 16.9. The Morgan fingerprint density at radius 2 is 1.47 bits per heavy atom. The summed E-state index contributed by atoms with van der Waals surface area (Å²) in [5.41, 5.74) is 4.38. The van der Waals surface area contributed by atoms with Gasteiger partial charge >= 0.3 is 0 Å². The van der Waals surface area contributed by atoms with Crippen LogP contribution >= 0.6 is 0 Å². The molecule has 5 heteroatoms. The summed E-state index contributed by atoms with van der Waals surface area (Å²) < 4.78 is 0. The summed E-state index contributed by atoms with van der Waals surface area (Å²) >= 11 is 0. The molecule has 0 N–H and O–H groups in total. The predicted molar refractivity (Wildman–Crippen MR) is 115 cm³/mol. The van der Waals surface area contributed by atoms with Crippen molar-refractivity contribution < 1.29 is 14.4 Å². The minimum absolute atomic E-state index is 0.218. The van der Waals surface area contributed by atoms with Crippen LogP contribution in [-0.4, -0.2) is 17.9 Å². The smallest absolute Gasteiger partial charge is 0.266 e. The van der Waals surface area contributed by atoms with Crippen LogP contribution in [0.3, 0.4) is 0 Å². The number of carbonyl (C=O) groups is 2. The molecule has 2 aliphatic heterocycles. The highest BCUT2D eigenvalue weighted by molar-refractivity contribution is 6.24. The maximum absolute atomic E-state index is 13.6. The first-order valence-corrected chi connectivity index (χ1v) is 10.1. The topological polar surface area (TPSA) is 49.9 Å². The second-order valence-electron chi connectivity index (χ2n) is 7.87. The molecule has 2 aliphatic rings. The molecule has 0 spiro atoms. The lowest BCUT2D eigenvalue weighted by Gasteiger charge is -2.29. The van der Waals surface area contributed by atoms with E-state index in [1.807, 2.05) is 92.7 Å². The molecule has 2 saturated heterocycles. The van der Waals surface area contributed by atoms with E-state index in [2.05, 4.69) is 0 Å². The van der Waals surface area contributed by atoms with E-state index < -0.39 is 12.0 Å². The van der Waals surface area contributed by atoms with Crippen molar-refractivity contribution >= 4 is 23.2 Å². The van der Waals surface area contributed by atoms with Crippen LogP contribution in [0.25, 0.3) is 0 Å². The minimum atomic E-state index is -0.844. The van der Waals surface area contributed by atoms with Gasteiger partial charge in [-0.2, -0.15) is 0 Å². The number of imide groups is 1. The molecule has 0 aliphatic carbocycles. The molecule has 0 aromatic heterocycles. The lowest BCUT2D eigenvalue weighted by molar-refractivity contribution is -0.126. The summed E-state index contributed by atoms with van der Waals surface area (Å²) in [4.78, 5) is 34.4. The van der Waals surface area contributed by atoms with E-state index in [0.717, 1.165) is 22.4 Å². The van der Waals surface area contributed by atoms with Crippen molar-refractivity contribution in [3.63, 3.8) is 0 Å². The highest BCUT2D eigenvalue weighted by atomic mass is 16.7. The fourth-order valence-corrected chi connectivity index (χ4v) is 4.50. The second-order valence-corrected chi connectivity index (χ2v) is 7.87. The van der Waals surface area contributed by atoms with Crippen LogP contribution in [0.5, 0.6) is 0 Å². The minimum Gasteiger partial charge on any atom is -0.273 e. The number of hydrogen-bond acceptors (Lipinski definition) is 4. The van der Waals surface area contributed by atoms with Gasteiger partial charge in [-0.1, -0.05) is 66.2 Å². The summed E-state index contributed by atoms with van der Waals surface area (Å²) in [5.74, 6) is -1.14. The number of carbonyl (C=O) groups excluding carboxylic acids is 2. The normalized spacial score (nSPS) is 23.2. The molecule has 5 nitrogen and oxygen atoms in total. The van der Waals surface area contributed by atoms with E-state index in [9.17, 15) is 9.59 Å². The van der Waals surface area contributed by atoms with Gasteiger partial charge in [-0.3, -0.25) is 14.4 Å². The molecule has 2 amide bonds. The average molecular weight is 398 g/mol. The number of hydrogen-bond donors (Lipinski definition) is 0. The van der Waals surface area contributed by atoms with Crippen LogP contribution in [0, 0.1) is 19.8 Å². The van der Waals surface area contributed by atoms with Gasteiger partial charge in [0.2, 0.25) is 5.91 Å². The van der Waals surface area contributed by atoms with Crippen molar-refractivity contribution in [3.8, 4) is 0 Å². The molecule has 3 aromatic carbocycles. The number of hydroxylamine groups is 1. The summed E-state index contributed by atoms with van der Waals surface area (Å²) in [5, 5.41) is 1.72. The number of nitrogens with zero attached hydrogens (tertiary/aromatic N) is 2. The van der Waals surface area contributed by atoms with Crippen molar-refractivity contribution in [1.29, 1.82) is 0 Å². The highest BCUT2D eigenvalue weighted by Crippen LogP contribution is 2.47. The van der Waals surface area contributed by atoms with Gasteiger partial charge in [0.1, 0.15) is 5.92 Å². The molecule has 0 radical (unpaired) electrons. The summed E-state index contributed by atoms with van der Waals surface area (Å²) in [6.45, 7) is 3.91. The van der Waals surface area contributed by atoms with E-state index in [1.165, 1.54) is 4.90 Å². The Kier molecular flexibility index (Phi) is 4.40. The third kappa shape index (κ3) is 2.82. The molecule has 0 saturated carbocycles. The van der Waals surface area contributed by atoms with Gasteiger partial charge < -0.3 is 0 Å². The molecule has 3 aromatic rings. The predicted octanol–water partition coefficient (Wildman–Crippen LogP) is 4.35. The van der Waals surface area contributed by atoms with Crippen molar-refractivity contribution in [1.82, 2.24) is 0 Å². The molecular formula is C25H22N2O3. The van der Waals surface area contributed by atoms with Crippen LogP contribution in [0.4, 0.5) is 11.4 Å². The number of para-hydroxylation sites is 1. The highest BCUT2D eigenvalue weighted by Gasteiger charge is 2.60. The second kappa shape index (κ2) is 7.11. The van der Waals surface area contributed by atoms with Gasteiger partial charge in [0.25, 0.3) is 5.91 Å². The van der Waals surface area contributed by atoms with Gasteiger partial charge in [0.15, 0.2) is 6.10 Å². The number of fused-ring (bicyclic) bond motifs is 1. The average Bonchev–Trinajstić information content (AvgIpc) is 3.26. The molecule has 3 unspecified atom stereocenters. The van der Waals surface area contributed by atoms with E-state index in [4.69, 9.17) is 4.84 Å². The maximum Gasteiger partial charge on any atom is 0.266 e. The van der Waals surface area contributed by atoms with Gasteiger partial charge in [0, 0.05) is 0 Å². The molecule has 150 valence electrons. The van der Waals surface area contributed by atoms with Crippen molar-refractivity contribution in [2.24, 2.45) is 5.92 Å². The Bertz CT molecular complexity index is 1110. The zero-order valence-corrected chi connectivity index (χ0v) is 16.9. The number of amides is 2. The zero-order chi connectivity index (χ0) is 20.8. The fourth-order valence-electron chi connectivity index (χ4n) is 4.50. The van der Waals surface area contributed by atoms with E-state index in [1.54, 1.807) is 5.06 Å². The van der Waals surface area contributed by atoms with E-state index in [-0.39, 0.29) is 17.9 Å². The van der Waals surface area contributed by atoms with Gasteiger partial charge in [-0.05, 0) is 43.2 Å². The number of anilines is 2. The summed E-state index contributed by atoms with van der Waals surface area (Å²) in [6, 6.07) is 24.7. The Labute approximate surface area is 175 Å². The summed E-state index contributed by atoms with van der Waals surface area (Å²) in [6.07, 6.45) is -0.844. The van der Waals surface area contributed by atoms with E-state index in [0.29, 0.717) is 5.69 Å². The number of aryl methyl sites for hydroxylation is 2. The largest absolute Gasteiger partial charge is 0.273 e.